The summed E-state index contributed by atoms with van der Waals surface area (Å²) < 4.78 is 148. The summed E-state index contributed by atoms with van der Waals surface area (Å²) in [6.07, 6.45) is 4.63. The van der Waals surface area contributed by atoms with E-state index >= 15 is 0 Å². The number of hydrogen-bond acceptors (Lipinski definition) is 20. The van der Waals surface area contributed by atoms with Crippen molar-refractivity contribution < 1.29 is 98.1 Å². The quantitative estimate of drug-likeness (QED) is 0.0437. The molecule has 0 aromatic heterocycles. The summed E-state index contributed by atoms with van der Waals surface area (Å²) in [4.78, 5) is 4.53. The number of rotatable bonds is 17. The molecule has 2 rings (SSSR count). The van der Waals surface area contributed by atoms with Crippen molar-refractivity contribution >= 4 is 153 Å². The van der Waals surface area contributed by atoms with Gasteiger partial charge in [0.25, 0.3) is 19.2 Å². The van der Waals surface area contributed by atoms with Crippen molar-refractivity contribution in [3.8, 4) is 0 Å². The first-order chi connectivity index (χ1) is 30.7. The summed E-state index contributed by atoms with van der Waals surface area (Å²) in [5, 5.41) is 8.82. The number of sulfone groups is 4. The van der Waals surface area contributed by atoms with Crippen LogP contribution in [0, 0.1) is 13.8 Å². The summed E-state index contributed by atoms with van der Waals surface area (Å²) >= 11 is 13.9. The van der Waals surface area contributed by atoms with Gasteiger partial charge in [0.15, 0.2) is 19.7 Å². The Hall–Kier alpha value is 0.720. The Bertz CT molecular complexity index is 2240. The second-order valence-corrected chi connectivity index (χ2v) is 29.5. The van der Waals surface area contributed by atoms with Gasteiger partial charge in [-0.2, -0.15) is 32.8 Å². The summed E-state index contributed by atoms with van der Waals surface area (Å²) in [5.74, 6) is 3.48. The van der Waals surface area contributed by atoms with Crippen molar-refractivity contribution in [2.24, 2.45) is 0 Å². The number of nitrogens with zero attached hydrogens (tertiary/aromatic N) is 2. The van der Waals surface area contributed by atoms with Gasteiger partial charge in [0, 0.05) is 101 Å². The minimum absolute atomic E-state index is 0. The van der Waals surface area contributed by atoms with Crippen LogP contribution >= 0.6 is 83.1 Å². The molecule has 0 aliphatic carbocycles. The molecule has 0 saturated heterocycles. The van der Waals surface area contributed by atoms with Gasteiger partial charge in [-0.1, -0.05) is 59.6 Å². The smallest absolute Gasteiger partial charge is 0.772 e. The third-order valence-electron chi connectivity index (χ3n) is 5.96. The third-order valence-corrected chi connectivity index (χ3v) is 14.5. The predicted octanol–water partition coefficient (Wildman–Crippen LogP) is 2.24. The number of aliphatic hydroxyl groups excluding tert-OH is 1. The van der Waals surface area contributed by atoms with E-state index in [4.69, 9.17) is 39.0 Å². The maximum Gasteiger partial charge on any atom is 1.00 e. The number of halogens is 5. The first-order valence-corrected chi connectivity index (χ1v) is 34.5. The van der Waals surface area contributed by atoms with E-state index in [1.807, 2.05) is 42.0 Å². The summed E-state index contributed by atoms with van der Waals surface area (Å²) in [5.41, 5.74) is 2.03. The number of aryl methyl sites for hydroxylation is 2. The van der Waals surface area contributed by atoms with Crippen LogP contribution in [0.25, 0.3) is 0 Å². The second-order valence-electron chi connectivity index (χ2n) is 13.3. The van der Waals surface area contributed by atoms with Crippen molar-refractivity contribution in [1.29, 1.82) is 0 Å². The van der Waals surface area contributed by atoms with Gasteiger partial charge < -0.3 is 19.5 Å². The van der Waals surface area contributed by atoms with E-state index in [1.165, 1.54) is 30.5 Å². The summed E-state index contributed by atoms with van der Waals surface area (Å²) in [7, 11) is -3.09. The van der Waals surface area contributed by atoms with Gasteiger partial charge in [0.2, 0.25) is 0 Å². The SMILES string of the molecule is C=CS(C)(=O)=O.C=CS(C)(=O)=O.CN(C)CCS.CN(C)CCSCCS(C)(=O)=O.CO.COS(=O)(=O)c1ccc(C)cc1.CS(=O)(=O)CCCl.Cc1ccc(S(=O)(=O)Cl)cc1.Cl.Cl.O=S([O-])CCCl.[Na+]. The minimum atomic E-state index is -3.55. The van der Waals surface area contributed by atoms with Gasteiger partial charge in [0.05, 0.1) is 28.4 Å². The zero-order valence-electron chi connectivity index (χ0n) is 42.4. The number of hydrogen-bond donors (Lipinski definition) is 2. The molecule has 0 amide bonds. The maximum atomic E-state index is 11.1. The molecule has 1 N–H and O–H groups in total. The van der Waals surface area contributed by atoms with Crippen LogP contribution in [-0.2, 0) is 73.8 Å². The van der Waals surface area contributed by atoms with Gasteiger partial charge in [-0.3, -0.25) is 8.39 Å². The molecule has 0 heterocycles. The fourth-order valence-corrected chi connectivity index (χ4v) is 8.30. The standard InChI is InChI=1S/C8H10O3S.C7H7ClO2S.C7H17NO2S2.C4H11NS.C3H7ClO2S.2C3H6O2S.C2H5ClO2S.CH4O.2ClH.Na/c1-7-3-5-8(6-4-7)12(9,10)11-2;1-6-2-4-7(5-3-6)11(8,9)10;1-8(2)4-5-11-6-7-12(3,9)10;1-5(2)3-4-6;1-7(5,6)3-2-4;2*1-3-6(2,4)5;3-1-2-6(4)5;1-2;;;/h3-6H,1-2H3;2-5H,1H3;4-7H2,1-3H3;6H,3-4H2,1-2H3;2-3H2,1H3;2*3H,1H2,2H3;1-2H2,(H,4,5);2H,1H3;2*1H;/q;;;;;;;;;;;+1/p-1. The van der Waals surface area contributed by atoms with Gasteiger partial charge >= 0.3 is 29.6 Å². The largest absolute Gasteiger partial charge is 1.00 e. The molecule has 422 valence electrons. The summed E-state index contributed by atoms with van der Waals surface area (Å²) in [6.45, 7) is 11.9. The molecule has 0 aliphatic rings. The summed E-state index contributed by atoms with van der Waals surface area (Å²) in [6, 6.07) is 12.9. The zero-order chi connectivity index (χ0) is 55.6. The van der Waals surface area contributed by atoms with Crippen LogP contribution in [0.3, 0.4) is 0 Å². The molecule has 33 heteroatoms. The van der Waals surface area contributed by atoms with Crippen molar-refractivity contribution in [2.45, 2.75) is 23.6 Å². The number of thioether (sulfide) groups is 1. The molecule has 0 aliphatic heterocycles. The monoisotopic (exact) mass is 1300 g/mol. The Kier molecular flexibility index (Phi) is 71.7. The molecular weight excluding hydrogens is 1230 g/mol. The van der Waals surface area contributed by atoms with Crippen molar-refractivity contribution in [2.75, 3.05) is 127 Å². The molecule has 2 aromatic rings. The van der Waals surface area contributed by atoms with Crippen LogP contribution in [0.2, 0.25) is 0 Å². The van der Waals surface area contributed by atoms with Crippen molar-refractivity contribution in [1.82, 2.24) is 9.80 Å². The van der Waals surface area contributed by atoms with Gasteiger partial charge in [-0.25, -0.2) is 42.1 Å². The minimum Gasteiger partial charge on any atom is -0.772 e. The number of alkyl halides is 2. The normalized spacial score (nSPS) is 10.9. The topological polar surface area (TPSA) is 281 Å². The fraction of sp³-hybridized carbons (Fsp3) is 0.579. The van der Waals surface area contributed by atoms with E-state index < -0.39 is 69.6 Å². The Morgan fingerprint density at radius 2 is 1.00 bits per heavy atom. The van der Waals surface area contributed by atoms with E-state index in [9.17, 15) is 59.3 Å². The predicted molar refractivity (Wildman–Crippen MR) is 305 cm³/mol. The van der Waals surface area contributed by atoms with E-state index in [-0.39, 0.29) is 87.4 Å². The molecule has 1 unspecified atom stereocenters. The molecule has 0 radical (unpaired) electrons. The molecule has 2 aromatic carbocycles. The second kappa shape index (κ2) is 54.1. The van der Waals surface area contributed by atoms with Crippen molar-refractivity contribution in [3.05, 3.63) is 83.6 Å². The fourth-order valence-electron chi connectivity index (χ4n) is 2.46. The van der Waals surface area contributed by atoms with Crippen molar-refractivity contribution in [3.63, 3.8) is 0 Å². The van der Waals surface area contributed by atoms with Gasteiger partial charge in [0.1, 0.15) is 19.7 Å². The molecule has 1 atom stereocenters. The van der Waals surface area contributed by atoms with Gasteiger partial charge in [-0.05, 0) is 66.3 Å². The van der Waals surface area contributed by atoms with Gasteiger partial charge in [-0.15, -0.1) is 48.0 Å². The Morgan fingerprint density at radius 1 is 0.676 bits per heavy atom. The number of benzene rings is 2. The molecule has 0 fully saturated rings. The molecule has 0 bridgehead atoms. The third kappa shape index (κ3) is 90.6. The van der Waals surface area contributed by atoms with E-state index in [0.717, 1.165) is 79.5 Å². The Morgan fingerprint density at radius 3 is 1.17 bits per heavy atom. The van der Waals surface area contributed by atoms with E-state index in [2.05, 4.69) is 39.8 Å². The Balaban J connectivity index is -0.0000000754. The van der Waals surface area contributed by atoms with E-state index in [1.54, 1.807) is 36.0 Å². The van der Waals surface area contributed by atoms with Crippen LogP contribution in [0.1, 0.15) is 11.1 Å². The van der Waals surface area contributed by atoms with Crippen LogP contribution in [0.5, 0.6) is 0 Å². The average molecular weight is 1300 g/mol. The van der Waals surface area contributed by atoms with Crippen LogP contribution in [0.4, 0.5) is 0 Å². The molecule has 0 spiro atoms. The number of aliphatic hydroxyl groups is 1. The van der Waals surface area contributed by atoms with Crippen LogP contribution < -0.4 is 29.6 Å². The molecular formula is C38H74Cl5N2NaO16S9. The first kappa shape index (κ1) is 94.2. The molecule has 0 saturated carbocycles. The first-order valence-electron chi connectivity index (χ1n) is 18.7. The zero-order valence-corrected chi connectivity index (χ0v) is 55.7. The maximum absolute atomic E-state index is 11.1. The molecule has 18 nitrogen and oxygen atoms in total. The number of thiol groups is 1. The average Bonchev–Trinajstić information content (AvgIpc) is 3.18. The van der Waals surface area contributed by atoms with Crippen LogP contribution in [0.15, 0.2) is 82.3 Å². The molecule has 71 heavy (non-hydrogen) atoms. The Labute approximate surface area is 489 Å². The van der Waals surface area contributed by atoms with Crippen LogP contribution in [-0.4, -0.2) is 201 Å². The van der Waals surface area contributed by atoms with E-state index in [0.29, 0.717) is 11.5 Å².